The van der Waals surface area contributed by atoms with Crippen LogP contribution in [0.25, 0.3) is 0 Å². The average Bonchev–Trinajstić information content (AvgIpc) is 2.33. The second-order valence-electron chi connectivity index (χ2n) is 4.60. The van der Waals surface area contributed by atoms with E-state index in [1.165, 1.54) is 0 Å². The highest BCUT2D eigenvalue weighted by Crippen LogP contribution is 2.03. The minimum Gasteiger partial charge on any atom is -0.352 e. The first-order chi connectivity index (χ1) is 8.24. The molecule has 1 saturated heterocycles. The summed E-state index contributed by atoms with van der Waals surface area (Å²) in [6.07, 6.45) is 4.40. The molecular weight excluding hydrogens is 214 g/mol. The number of rotatable bonds is 3. The Labute approximate surface area is 102 Å². The van der Waals surface area contributed by atoms with E-state index in [-0.39, 0.29) is 11.9 Å². The Morgan fingerprint density at radius 3 is 3.12 bits per heavy atom. The minimum atomic E-state index is 0.0874. The number of aromatic nitrogens is 1. The monoisotopic (exact) mass is 233 g/mol. The topological polar surface area (TPSA) is 54.0 Å². The lowest BCUT2D eigenvalue weighted by atomic mass is 10.1. The molecule has 1 aromatic heterocycles. The zero-order valence-corrected chi connectivity index (χ0v) is 10.2. The van der Waals surface area contributed by atoms with Gasteiger partial charge in [-0.25, -0.2) is 0 Å². The zero-order chi connectivity index (χ0) is 12.1. The van der Waals surface area contributed by atoms with Crippen molar-refractivity contribution in [1.82, 2.24) is 15.6 Å². The number of pyridine rings is 1. The van der Waals surface area contributed by atoms with Gasteiger partial charge in [0.1, 0.15) is 0 Å². The predicted molar refractivity (Wildman–Crippen MR) is 66.7 cm³/mol. The van der Waals surface area contributed by atoms with Crippen molar-refractivity contribution in [3.63, 3.8) is 0 Å². The number of aryl methyl sites for hydroxylation is 1. The molecule has 0 radical (unpaired) electrons. The molecule has 0 aromatic carbocycles. The summed E-state index contributed by atoms with van der Waals surface area (Å²) in [6.45, 7) is 3.89. The molecule has 4 heteroatoms. The Kier molecular flexibility index (Phi) is 4.09. The summed E-state index contributed by atoms with van der Waals surface area (Å²) in [5.74, 6) is 0.0874. The SMILES string of the molecule is Cc1ccc(CC(=O)N[C@H]2CCCNC2)cn1. The fourth-order valence-corrected chi connectivity index (χ4v) is 2.04. The Hall–Kier alpha value is -1.42. The molecule has 0 spiro atoms. The molecule has 0 aliphatic carbocycles. The van der Waals surface area contributed by atoms with E-state index in [9.17, 15) is 4.79 Å². The van der Waals surface area contributed by atoms with Crippen LogP contribution < -0.4 is 10.6 Å². The van der Waals surface area contributed by atoms with Gasteiger partial charge in [-0.05, 0) is 37.9 Å². The van der Waals surface area contributed by atoms with Crippen LogP contribution in [-0.2, 0) is 11.2 Å². The number of hydrogen-bond donors (Lipinski definition) is 2. The highest BCUT2D eigenvalue weighted by molar-refractivity contribution is 5.78. The first kappa shape index (κ1) is 12.0. The van der Waals surface area contributed by atoms with Crippen molar-refractivity contribution in [2.24, 2.45) is 0 Å². The lowest BCUT2D eigenvalue weighted by molar-refractivity contribution is -0.121. The van der Waals surface area contributed by atoms with Gasteiger partial charge in [-0.1, -0.05) is 6.07 Å². The van der Waals surface area contributed by atoms with Crippen LogP contribution in [0.15, 0.2) is 18.3 Å². The van der Waals surface area contributed by atoms with Crippen LogP contribution in [0.5, 0.6) is 0 Å². The minimum absolute atomic E-state index is 0.0874. The molecular formula is C13H19N3O. The van der Waals surface area contributed by atoms with Gasteiger partial charge < -0.3 is 10.6 Å². The van der Waals surface area contributed by atoms with E-state index in [0.29, 0.717) is 6.42 Å². The Morgan fingerprint density at radius 2 is 2.47 bits per heavy atom. The van der Waals surface area contributed by atoms with Crippen LogP contribution in [0, 0.1) is 6.92 Å². The molecule has 0 saturated carbocycles. The van der Waals surface area contributed by atoms with E-state index in [1.807, 2.05) is 19.1 Å². The van der Waals surface area contributed by atoms with Crippen LogP contribution in [0.2, 0.25) is 0 Å². The van der Waals surface area contributed by atoms with E-state index in [0.717, 1.165) is 37.2 Å². The summed E-state index contributed by atoms with van der Waals surface area (Å²) < 4.78 is 0. The smallest absolute Gasteiger partial charge is 0.224 e. The summed E-state index contributed by atoms with van der Waals surface area (Å²) >= 11 is 0. The van der Waals surface area contributed by atoms with E-state index < -0.39 is 0 Å². The molecule has 2 heterocycles. The lowest BCUT2D eigenvalue weighted by Gasteiger charge is -2.23. The third-order valence-corrected chi connectivity index (χ3v) is 3.00. The summed E-state index contributed by atoms with van der Waals surface area (Å²) in [5.41, 5.74) is 1.95. The first-order valence-electron chi connectivity index (χ1n) is 6.15. The molecule has 2 N–H and O–H groups in total. The second kappa shape index (κ2) is 5.77. The molecule has 1 aliphatic heterocycles. The van der Waals surface area contributed by atoms with Crippen molar-refractivity contribution in [3.8, 4) is 0 Å². The molecule has 92 valence electrons. The fourth-order valence-electron chi connectivity index (χ4n) is 2.04. The van der Waals surface area contributed by atoms with Crippen LogP contribution in [0.3, 0.4) is 0 Å². The van der Waals surface area contributed by atoms with Crippen molar-refractivity contribution in [2.75, 3.05) is 13.1 Å². The highest BCUT2D eigenvalue weighted by atomic mass is 16.1. The van der Waals surface area contributed by atoms with Gasteiger partial charge in [-0.2, -0.15) is 0 Å². The van der Waals surface area contributed by atoms with Crippen molar-refractivity contribution in [2.45, 2.75) is 32.2 Å². The number of hydrogen-bond acceptors (Lipinski definition) is 3. The largest absolute Gasteiger partial charge is 0.352 e. The van der Waals surface area contributed by atoms with Crippen molar-refractivity contribution >= 4 is 5.91 Å². The standard InChI is InChI=1S/C13H19N3O/c1-10-4-5-11(8-15-10)7-13(17)16-12-3-2-6-14-9-12/h4-5,8,12,14H,2-3,6-7,9H2,1H3,(H,16,17)/t12-/m0/s1. The van der Waals surface area contributed by atoms with Gasteiger partial charge in [0.15, 0.2) is 0 Å². The van der Waals surface area contributed by atoms with Crippen LogP contribution >= 0.6 is 0 Å². The number of nitrogens with one attached hydrogen (secondary N) is 2. The van der Waals surface area contributed by atoms with Crippen molar-refractivity contribution < 1.29 is 4.79 Å². The number of nitrogens with zero attached hydrogens (tertiary/aromatic N) is 1. The van der Waals surface area contributed by atoms with Crippen molar-refractivity contribution in [3.05, 3.63) is 29.6 Å². The normalized spacial score (nSPS) is 19.9. The second-order valence-corrected chi connectivity index (χ2v) is 4.60. The quantitative estimate of drug-likeness (QED) is 0.812. The molecule has 1 atom stereocenters. The van der Waals surface area contributed by atoms with Gasteiger partial charge in [0.25, 0.3) is 0 Å². The Balaban J connectivity index is 1.82. The first-order valence-corrected chi connectivity index (χ1v) is 6.15. The zero-order valence-electron chi connectivity index (χ0n) is 10.2. The fraction of sp³-hybridized carbons (Fsp3) is 0.538. The molecule has 4 nitrogen and oxygen atoms in total. The molecule has 0 bridgehead atoms. The maximum atomic E-state index is 11.8. The van der Waals surface area contributed by atoms with Gasteiger partial charge >= 0.3 is 0 Å². The number of amides is 1. The molecule has 1 amide bonds. The van der Waals surface area contributed by atoms with E-state index >= 15 is 0 Å². The summed E-state index contributed by atoms with van der Waals surface area (Å²) in [4.78, 5) is 16.0. The molecule has 1 aliphatic rings. The third kappa shape index (κ3) is 3.82. The van der Waals surface area contributed by atoms with E-state index in [4.69, 9.17) is 0 Å². The summed E-state index contributed by atoms with van der Waals surface area (Å²) in [5, 5.41) is 6.34. The Bertz CT molecular complexity index is 369. The number of carbonyl (C=O) groups is 1. The van der Waals surface area contributed by atoms with Gasteiger partial charge in [-0.3, -0.25) is 9.78 Å². The van der Waals surface area contributed by atoms with Crippen molar-refractivity contribution in [1.29, 1.82) is 0 Å². The molecule has 2 rings (SSSR count). The van der Waals surface area contributed by atoms with Crippen LogP contribution in [-0.4, -0.2) is 30.0 Å². The molecule has 1 fully saturated rings. The predicted octanol–water partition coefficient (Wildman–Crippen LogP) is 0.801. The summed E-state index contributed by atoms with van der Waals surface area (Å²) in [7, 11) is 0. The van der Waals surface area contributed by atoms with E-state index in [2.05, 4.69) is 15.6 Å². The maximum absolute atomic E-state index is 11.8. The average molecular weight is 233 g/mol. The third-order valence-electron chi connectivity index (χ3n) is 3.00. The van der Waals surface area contributed by atoms with E-state index in [1.54, 1.807) is 6.20 Å². The van der Waals surface area contributed by atoms with Gasteiger partial charge in [0.2, 0.25) is 5.91 Å². The maximum Gasteiger partial charge on any atom is 0.224 e. The van der Waals surface area contributed by atoms with Gasteiger partial charge in [0, 0.05) is 24.5 Å². The van der Waals surface area contributed by atoms with Crippen LogP contribution in [0.4, 0.5) is 0 Å². The van der Waals surface area contributed by atoms with Crippen LogP contribution in [0.1, 0.15) is 24.1 Å². The molecule has 0 unspecified atom stereocenters. The molecule has 17 heavy (non-hydrogen) atoms. The Morgan fingerprint density at radius 1 is 1.59 bits per heavy atom. The van der Waals surface area contributed by atoms with Gasteiger partial charge in [0.05, 0.1) is 6.42 Å². The number of piperidine rings is 1. The highest BCUT2D eigenvalue weighted by Gasteiger charge is 2.15. The van der Waals surface area contributed by atoms with Gasteiger partial charge in [-0.15, -0.1) is 0 Å². The molecule has 1 aromatic rings. The number of carbonyl (C=O) groups excluding carboxylic acids is 1. The lowest BCUT2D eigenvalue weighted by Crippen LogP contribution is -2.46. The summed E-state index contributed by atoms with van der Waals surface area (Å²) in [6, 6.07) is 4.18.